The average Bonchev–Trinajstić information content (AvgIpc) is 3.12. The number of guanidine groups is 1. The maximum absolute atomic E-state index is 11.7. The molecule has 6 nitrogen and oxygen atoms in total. The minimum atomic E-state index is -0.0674. The van der Waals surface area contributed by atoms with Crippen LogP contribution < -0.4 is 16.0 Å². The van der Waals surface area contributed by atoms with Gasteiger partial charge in [-0.05, 0) is 30.5 Å². The summed E-state index contributed by atoms with van der Waals surface area (Å²) in [6.45, 7) is 3.52. The third-order valence-corrected chi connectivity index (χ3v) is 4.84. The van der Waals surface area contributed by atoms with Crippen LogP contribution in [0.5, 0.6) is 0 Å². The fourth-order valence-electron chi connectivity index (χ4n) is 2.31. The van der Waals surface area contributed by atoms with Crippen molar-refractivity contribution >= 4 is 23.2 Å². The van der Waals surface area contributed by atoms with Gasteiger partial charge in [-0.1, -0.05) is 19.1 Å². The molecule has 0 saturated heterocycles. The molecule has 1 amide bonds. The summed E-state index contributed by atoms with van der Waals surface area (Å²) >= 11 is 1.72. The van der Waals surface area contributed by atoms with Crippen molar-refractivity contribution in [3.8, 4) is 0 Å². The number of rotatable bonds is 7. The van der Waals surface area contributed by atoms with Gasteiger partial charge in [0.25, 0.3) is 5.91 Å². The second kappa shape index (κ2) is 9.78. The Balaban J connectivity index is 1.80. The number of carbonyl (C=O) groups excluding carboxylic acids is 1. The molecule has 0 aliphatic heterocycles. The van der Waals surface area contributed by atoms with Crippen LogP contribution in [-0.2, 0) is 19.4 Å². The van der Waals surface area contributed by atoms with E-state index in [2.05, 4.69) is 32.9 Å². The topological polar surface area (TPSA) is 78.4 Å². The second-order valence-electron chi connectivity index (χ2n) is 5.46. The Morgan fingerprint density at radius 2 is 2.16 bits per heavy atom. The van der Waals surface area contributed by atoms with E-state index < -0.39 is 0 Å². The van der Waals surface area contributed by atoms with Crippen molar-refractivity contribution in [3.63, 3.8) is 0 Å². The number of aromatic nitrogens is 1. The molecular formula is C18H25N5OS. The van der Waals surface area contributed by atoms with Crippen LogP contribution in [0.2, 0.25) is 0 Å². The number of thiazole rings is 1. The van der Waals surface area contributed by atoms with Crippen LogP contribution in [0.4, 0.5) is 0 Å². The second-order valence-corrected chi connectivity index (χ2v) is 6.66. The van der Waals surface area contributed by atoms with Gasteiger partial charge in [0.2, 0.25) is 0 Å². The largest absolute Gasteiger partial charge is 0.356 e. The molecule has 0 saturated carbocycles. The van der Waals surface area contributed by atoms with E-state index in [0.29, 0.717) is 12.1 Å². The van der Waals surface area contributed by atoms with Crippen molar-refractivity contribution < 1.29 is 4.79 Å². The standard InChI is InChI=1S/C18H25N5OS/c1-4-15-11-22-16(25-15)12-23-18(20-3)21-9-8-13-6-5-7-14(10-13)17(24)19-2/h5-7,10-11H,4,8-9,12H2,1-3H3,(H,19,24)(H2,20,21,23). The van der Waals surface area contributed by atoms with Crippen LogP contribution in [0.1, 0.15) is 32.7 Å². The number of amides is 1. The molecule has 2 rings (SSSR count). The third-order valence-electron chi connectivity index (χ3n) is 3.70. The van der Waals surface area contributed by atoms with Crippen LogP contribution in [0.3, 0.4) is 0 Å². The number of hydrogen-bond donors (Lipinski definition) is 3. The first-order valence-electron chi connectivity index (χ1n) is 8.35. The van der Waals surface area contributed by atoms with Gasteiger partial charge in [0.05, 0.1) is 6.54 Å². The number of nitrogens with one attached hydrogen (secondary N) is 3. The van der Waals surface area contributed by atoms with E-state index in [1.165, 1.54) is 4.88 Å². The van der Waals surface area contributed by atoms with Gasteiger partial charge in [-0.15, -0.1) is 11.3 Å². The molecule has 134 valence electrons. The van der Waals surface area contributed by atoms with Gasteiger partial charge in [-0.2, -0.15) is 0 Å². The highest BCUT2D eigenvalue weighted by Crippen LogP contribution is 2.12. The van der Waals surface area contributed by atoms with E-state index in [1.54, 1.807) is 25.4 Å². The van der Waals surface area contributed by atoms with E-state index in [4.69, 9.17) is 0 Å². The molecule has 0 radical (unpaired) electrons. The molecule has 1 aromatic heterocycles. The van der Waals surface area contributed by atoms with Gasteiger partial charge < -0.3 is 16.0 Å². The first-order valence-corrected chi connectivity index (χ1v) is 9.17. The molecule has 2 aromatic rings. The van der Waals surface area contributed by atoms with Gasteiger partial charge in [-0.25, -0.2) is 4.98 Å². The van der Waals surface area contributed by atoms with Gasteiger partial charge in [-0.3, -0.25) is 9.79 Å². The average molecular weight is 359 g/mol. The van der Waals surface area contributed by atoms with Crippen LogP contribution >= 0.6 is 11.3 Å². The first-order chi connectivity index (χ1) is 12.2. The zero-order valence-electron chi connectivity index (χ0n) is 14.9. The predicted molar refractivity (Wildman–Crippen MR) is 103 cm³/mol. The molecule has 0 spiro atoms. The number of hydrogen-bond acceptors (Lipinski definition) is 4. The number of nitrogens with zero attached hydrogens (tertiary/aromatic N) is 2. The van der Waals surface area contributed by atoms with E-state index in [-0.39, 0.29) is 5.91 Å². The van der Waals surface area contributed by atoms with Crippen LogP contribution in [0, 0.1) is 0 Å². The van der Waals surface area contributed by atoms with E-state index >= 15 is 0 Å². The van der Waals surface area contributed by atoms with E-state index in [1.807, 2.05) is 30.5 Å². The van der Waals surface area contributed by atoms with E-state index in [9.17, 15) is 4.79 Å². The highest BCUT2D eigenvalue weighted by atomic mass is 32.1. The minimum Gasteiger partial charge on any atom is -0.356 e. The number of carbonyl (C=O) groups is 1. The maximum atomic E-state index is 11.7. The van der Waals surface area contributed by atoms with Crippen molar-refractivity contribution in [1.29, 1.82) is 0 Å². The Morgan fingerprint density at radius 1 is 1.32 bits per heavy atom. The summed E-state index contributed by atoms with van der Waals surface area (Å²) < 4.78 is 0. The van der Waals surface area contributed by atoms with Crippen molar-refractivity contribution in [2.45, 2.75) is 26.3 Å². The molecule has 0 unspecified atom stereocenters. The van der Waals surface area contributed by atoms with Crippen LogP contribution in [0.25, 0.3) is 0 Å². The van der Waals surface area contributed by atoms with Crippen molar-refractivity contribution in [2.75, 3.05) is 20.6 Å². The lowest BCUT2D eigenvalue weighted by Crippen LogP contribution is -2.37. The summed E-state index contributed by atoms with van der Waals surface area (Å²) in [4.78, 5) is 21.6. The Hall–Kier alpha value is -2.41. The fourth-order valence-corrected chi connectivity index (χ4v) is 3.11. The van der Waals surface area contributed by atoms with Gasteiger partial charge in [0.15, 0.2) is 5.96 Å². The summed E-state index contributed by atoms with van der Waals surface area (Å²) in [6, 6.07) is 7.65. The molecule has 0 fully saturated rings. The number of aryl methyl sites for hydroxylation is 1. The summed E-state index contributed by atoms with van der Waals surface area (Å²) in [5, 5.41) is 10.3. The number of aliphatic imine (C=N–C) groups is 1. The van der Waals surface area contributed by atoms with Crippen molar-refractivity contribution in [2.24, 2.45) is 4.99 Å². The zero-order valence-corrected chi connectivity index (χ0v) is 15.7. The van der Waals surface area contributed by atoms with E-state index in [0.717, 1.165) is 35.9 Å². The SMILES string of the molecule is CCc1cnc(CNC(=NC)NCCc2cccc(C(=O)NC)c2)s1. The molecule has 0 atom stereocenters. The van der Waals surface area contributed by atoms with Crippen molar-refractivity contribution in [1.82, 2.24) is 20.9 Å². The lowest BCUT2D eigenvalue weighted by molar-refractivity contribution is 0.0963. The molecule has 3 N–H and O–H groups in total. The molecule has 7 heteroatoms. The summed E-state index contributed by atoms with van der Waals surface area (Å²) in [5.41, 5.74) is 1.79. The Bertz CT molecular complexity index is 726. The van der Waals surface area contributed by atoms with Crippen LogP contribution in [-0.4, -0.2) is 37.5 Å². The Kier molecular flexibility index (Phi) is 7.40. The van der Waals surface area contributed by atoms with Crippen molar-refractivity contribution in [3.05, 3.63) is 51.5 Å². The zero-order chi connectivity index (χ0) is 18.1. The van der Waals surface area contributed by atoms with Crippen LogP contribution in [0.15, 0.2) is 35.5 Å². The summed E-state index contributed by atoms with van der Waals surface area (Å²) in [7, 11) is 3.39. The molecule has 1 aromatic carbocycles. The number of benzene rings is 1. The lowest BCUT2D eigenvalue weighted by atomic mass is 10.1. The summed E-state index contributed by atoms with van der Waals surface area (Å²) in [6.07, 6.45) is 3.75. The van der Waals surface area contributed by atoms with Gasteiger partial charge in [0.1, 0.15) is 5.01 Å². The highest BCUT2D eigenvalue weighted by molar-refractivity contribution is 7.11. The monoisotopic (exact) mass is 359 g/mol. The normalized spacial score (nSPS) is 11.2. The highest BCUT2D eigenvalue weighted by Gasteiger charge is 2.05. The molecule has 25 heavy (non-hydrogen) atoms. The maximum Gasteiger partial charge on any atom is 0.251 e. The lowest BCUT2D eigenvalue weighted by Gasteiger charge is -2.11. The van der Waals surface area contributed by atoms with Gasteiger partial charge >= 0.3 is 0 Å². The third kappa shape index (κ3) is 5.86. The fraction of sp³-hybridized carbons (Fsp3) is 0.389. The quantitative estimate of drug-likeness (QED) is 0.522. The molecule has 0 bridgehead atoms. The molecule has 1 heterocycles. The Labute approximate surface area is 152 Å². The smallest absolute Gasteiger partial charge is 0.251 e. The summed E-state index contributed by atoms with van der Waals surface area (Å²) in [5.74, 6) is 0.679. The molecule has 0 aliphatic carbocycles. The Morgan fingerprint density at radius 3 is 2.84 bits per heavy atom. The minimum absolute atomic E-state index is 0.0674. The van der Waals surface area contributed by atoms with Gasteiger partial charge in [0, 0.05) is 37.3 Å². The molecule has 0 aliphatic rings. The molecular weight excluding hydrogens is 334 g/mol. The predicted octanol–water partition coefficient (Wildman–Crippen LogP) is 1.97. The first kappa shape index (κ1) is 18.9.